The monoisotopic (exact) mass is 797 g/mol. The normalized spacial score (nSPS) is 12.8. The molecule has 2 unspecified atom stereocenters. The van der Waals surface area contributed by atoms with Crippen LogP contribution in [-0.4, -0.2) is 66.2 Å². The number of rotatable bonds is 30. The maximum Gasteiger partial charge on any atom is 0.328 e. The van der Waals surface area contributed by atoms with Crippen LogP contribution >= 0.6 is 0 Å². The quantitative estimate of drug-likeness (QED) is 0.0232. The lowest BCUT2D eigenvalue weighted by atomic mass is 9.96. The second kappa shape index (κ2) is 42.9. The number of unbranched alkanes of at least 4 members (excludes halogenated alkanes) is 15. The number of aliphatic hydroxyl groups is 2. The molecule has 0 fully saturated rings. The first-order valence-corrected chi connectivity index (χ1v) is 21.3. The standard InChI is InChI=1S/C18H34O2.C10H18O4.C10H16O2.C8H16O2/c1-2-3-4-5-6-7-8-9-10-11-12-13-14-15-16-17-18(19)20;1-7(6-9(12)13)4-5-8(11)10(2,3)14;1-4-5-8(2)6-9(3)7-10(11)12;1-2-3-4-5-6-7-8(9)10/h9-10H,2-8,11-17H2,1H3,(H,19,20);6,8,11,14H,4-5H2,1-3H3,(H,12,13);4-5,7-8H,6H2,1-3H3,(H,11,12);2-7H2,1H3,(H,9,10)/b10-9-;7-6+;5-4+,9-7+;. The first-order valence-electron chi connectivity index (χ1n) is 21.3. The fourth-order valence-corrected chi connectivity index (χ4v) is 5.40. The second-order valence-corrected chi connectivity index (χ2v) is 15.4. The van der Waals surface area contributed by atoms with E-state index in [1.54, 1.807) is 6.92 Å². The lowest BCUT2D eigenvalue weighted by Crippen LogP contribution is -2.35. The van der Waals surface area contributed by atoms with E-state index in [2.05, 4.69) is 39.0 Å². The molecule has 0 bridgehead atoms. The molecule has 0 radical (unpaired) electrons. The molecule has 0 amide bonds. The number of aliphatic carboxylic acids is 4. The van der Waals surface area contributed by atoms with Crippen LogP contribution in [0.25, 0.3) is 0 Å². The van der Waals surface area contributed by atoms with Gasteiger partial charge in [-0.3, -0.25) is 9.59 Å². The van der Waals surface area contributed by atoms with Gasteiger partial charge in [0.2, 0.25) is 0 Å². The van der Waals surface area contributed by atoms with Crippen LogP contribution in [0.1, 0.15) is 203 Å². The van der Waals surface area contributed by atoms with Crippen LogP contribution in [0.15, 0.2) is 47.6 Å². The lowest BCUT2D eigenvalue weighted by molar-refractivity contribution is -0.138. The molecule has 0 heterocycles. The Hall–Kier alpha value is -3.24. The summed E-state index contributed by atoms with van der Waals surface area (Å²) in [5.74, 6) is -2.76. The van der Waals surface area contributed by atoms with Crippen molar-refractivity contribution >= 4 is 23.9 Å². The van der Waals surface area contributed by atoms with E-state index in [4.69, 9.17) is 20.4 Å². The number of hydrogen-bond acceptors (Lipinski definition) is 6. The van der Waals surface area contributed by atoms with E-state index in [1.165, 1.54) is 110 Å². The molecule has 10 heteroatoms. The van der Waals surface area contributed by atoms with E-state index in [0.29, 0.717) is 37.2 Å². The summed E-state index contributed by atoms with van der Waals surface area (Å²) in [4.78, 5) is 40.9. The van der Waals surface area contributed by atoms with Gasteiger partial charge in [0.25, 0.3) is 0 Å². The van der Waals surface area contributed by atoms with E-state index in [9.17, 15) is 29.4 Å². The number of aliphatic hydroxyl groups excluding tert-OH is 1. The number of hydrogen-bond donors (Lipinski definition) is 6. The van der Waals surface area contributed by atoms with Crippen molar-refractivity contribution in [2.45, 2.75) is 215 Å². The Kier molecular flexibility index (Phi) is 45.5. The van der Waals surface area contributed by atoms with Gasteiger partial charge < -0.3 is 30.6 Å². The molecule has 0 aromatic heterocycles. The van der Waals surface area contributed by atoms with Crippen molar-refractivity contribution < 1.29 is 49.8 Å². The SMILES string of the molecule is C/C(=C\C(=O)O)CCC(O)C(C)(C)O.C/C=C/C(C)C/C(C)=C/C(=O)O.CCCCCCCC(=O)O.CCCCCCCC/C=C\CCCCCCCC(=O)O. The zero-order valence-electron chi connectivity index (χ0n) is 36.7. The molecular formula is C46H84O10. The molecule has 0 aromatic rings. The summed E-state index contributed by atoms with van der Waals surface area (Å²) < 4.78 is 0. The van der Waals surface area contributed by atoms with Gasteiger partial charge >= 0.3 is 23.9 Å². The van der Waals surface area contributed by atoms with Crippen LogP contribution in [0.4, 0.5) is 0 Å². The number of carboxylic acid groups (broad SMARTS) is 4. The largest absolute Gasteiger partial charge is 0.481 e. The van der Waals surface area contributed by atoms with Gasteiger partial charge in [-0.15, -0.1) is 0 Å². The Morgan fingerprint density at radius 1 is 0.589 bits per heavy atom. The Labute approximate surface area is 341 Å². The van der Waals surface area contributed by atoms with Gasteiger partial charge in [-0.25, -0.2) is 9.59 Å². The molecule has 0 spiro atoms. The van der Waals surface area contributed by atoms with Crippen molar-refractivity contribution in [3.8, 4) is 0 Å². The summed E-state index contributed by atoms with van der Waals surface area (Å²) in [6.45, 7) is 15.0. The van der Waals surface area contributed by atoms with Crippen LogP contribution in [0, 0.1) is 5.92 Å². The fourth-order valence-electron chi connectivity index (χ4n) is 5.40. The molecule has 0 saturated heterocycles. The number of carbonyl (C=O) groups is 4. The van der Waals surface area contributed by atoms with Crippen LogP contribution in [0.2, 0.25) is 0 Å². The Morgan fingerprint density at radius 2 is 0.964 bits per heavy atom. The summed E-state index contributed by atoms with van der Waals surface area (Å²) in [6, 6.07) is 0. The Balaban J connectivity index is -0.000000334. The van der Waals surface area contributed by atoms with Gasteiger partial charge in [-0.05, 0) is 98.3 Å². The van der Waals surface area contributed by atoms with E-state index in [0.717, 1.165) is 43.8 Å². The second-order valence-electron chi connectivity index (χ2n) is 15.4. The van der Waals surface area contributed by atoms with Crippen LogP contribution in [0.3, 0.4) is 0 Å². The van der Waals surface area contributed by atoms with E-state index < -0.39 is 35.6 Å². The van der Waals surface area contributed by atoms with Gasteiger partial charge in [0.05, 0.1) is 11.7 Å². The summed E-state index contributed by atoms with van der Waals surface area (Å²) in [6.07, 6.45) is 34.4. The summed E-state index contributed by atoms with van der Waals surface area (Å²) in [7, 11) is 0. The van der Waals surface area contributed by atoms with Crippen molar-refractivity contribution in [1.82, 2.24) is 0 Å². The third-order valence-electron chi connectivity index (χ3n) is 8.68. The van der Waals surface area contributed by atoms with Gasteiger partial charge in [0, 0.05) is 25.0 Å². The number of carboxylic acids is 4. The van der Waals surface area contributed by atoms with Crippen LogP contribution in [-0.2, 0) is 19.2 Å². The minimum Gasteiger partial charge on any atom is -0.481 e. The maximum atomic E-state index is 10.3. The molecule has 0 aliphatic rings. The predicted octanol–water partition coefficient (Wildman–Crippen LogP) is 12.1. The first kappa shape index (κ1) is 59.5. The molecule has 0 aliphatic carbocycles. The fraction of sp³-hybridized carbons (Fsp3) is 0.739. The lowest BCUT2D eigenvalue weighted by Gasteiger charge is -2.24. The molecular weight excluding hydrogens is 712 g/mol. The molecule has 0 aliphatic heterocycles. The van der Waals surface area contributed by atoms with E-state index in [-0.39, 0.29) is 0 Å². The Morgan fingerprint density at radius 3 is 1.32 bits per heavy atom. The van der Waals surface area contributed by atoms with Gasteiger partial charge in [-0.1, -0.05) is 133 Å². The highest BCUT2D eigenvalue weighted by molar-refractivity contribution is 5.80. The van der Waals surface area contributed by atoms with Crippen molar-refractivity contribution in [3.63, 3.8) is 0 Å². The zero-order chi connectivity index (χ0) is 43.6. The highest BCUT2D eigenvalue weighted by atomic mass is 16.4. The van der Waals surface area contributed by atoms with Crippen LogP contribution < -0.4 is 0 Å². The van der Waals surface area contributed by atoms with Gasteiger partial charge in [0.15, 0.2) is 0 Å². The van der Waals surface area contributed by atoms with E-state index in [1.807, 2.05) is 19.9 Å². The zero-order valence-corrected chi connectivity index (χ0v) is 36.7. The summed E-state index contributed by atoms with van der Waals surface area (Å²) in [5.41, 5.74) is 0.456. The highest BCUT2D eigenvalue weighted by Crippen LogP contribution is 2.16. The van der Waals surface area contributed by atoms with Gasteiger partial charge in [-0.2, -0.15) is 0 Å². The Bertz CT molecular complexity index is 1080. The third-order valence-corrected chi connectivity index (χ3v) is 8.68. The predicted molar refractivity (Wildman–Crippen MR) is 231 cm³/mol. The minimum absolute atomic E-state index is 0.332. The smallest absolute Gasteiger partial charge is 0.328 e. The highest BCUT2D eigenvalue weighted by Gasteiger charge is 2.23. The molecule has 2 atom stereocenters. The van der Waals surface area contributed by atoms with Gasteiger partial charge in [0.1, 0.15) is 0 Å². The molecule has 328 valence electrons. The minimum atomic E-state index is -1.14. The van der Waals surface area contributed by atoms with E-state index >= 15 is 0 Å². The molecule has 56 heavy (non-hydrogen) atoms. The van der Waals surface area contributed by atoms with Crippen molar-refractivity contribution in [2.75, 3.05) is 0 Å². The summed E-state index contributed by atoms with van der Waals surface area (Å²) >= 11 is 0. The maximum absolute atomic E-state index is 10.3. The third kappa shape index (κ3) is 57.5. The first-order chi connectivity index (χ1) is 26.3. The van der Waals surface area contributed by atoms with Crippen molar-refractivity contribution in [2.24, 2.45) is 5.92 Å². The molecule has 0 saturated carbocycles. The van der Waals surface area contributed by atoms with Crippen molar-refractivity contribution in [3.05, 3.63) is 47.6 Å². The average Bonchev–Trinajstić information content (AvgIpc) is 3.08. The van der Waals surface area contributed by atoms with Crippen molar-refractivity contribution in [1.29, 1.82) is 0 Å². The topological polar surface area (TPSA) is 190 Å². The number of allylic oxidation sites excluding steroid dienone is 6. The van der Waals surface area contributed by atoms with Crippen LogP contribution in [0.5, 0.6) is 0 Å². The summed E-state index contributed by atoms with van der Waals surface area (Å²) in [5, 5.41) is 52.5. The molecule has 6 N–H and O–H groups in total. The molecule has 10 nitrogen and oxygen atoms in total. The average molecular weight is 797 g/mol. The molecule has 0 rings (SSSR count). The molecule has 0 aromatic carbocycles.